The highest BCUT2D eigenvalue weighted by atomic mass is 16.1. The van der Waals surface area contributed by atoms with E-state index in [9.17, 15) is 4.79 Å². The van der Waals surface area contributed by atoms with Crippen molar-refractivity contribution in [2.75, 3.05) is 6.54 Å². The minimum atomic E-state index is 0.732. The average Bonchev–Trinajstić information content (AvgIpc) is 2.18. The van der Waals surface area contributed by atoms with Crippen molar-refractivity contribution in [1.82, 2.24) is 0 Å². The van der Waals surface area contributed by atoms with Crippen molar-refractivity contribution in [3.63, 3.8) is 0 Å². The van der Waals surface area contributed by atoms with E-state index in [1.807, 2.05) is 25.1 Å². The van der Waals surface area contributed by atoms with Gasteiger partial charge in [-0.1, -0.05) is 12.1 Å². The second-order valence-electron chi connectivity index (χ2n) is 3.25. The van der Waals surface area contributed by atoms with Crippen LogP contribution in [0.5, 0.6) is 0 Å². The van der Waals surface area contributed by atoms with E-state index < -0.39 is 0 Å². The highest BCUT2D eigenvalue weighted by Crippen LogP contribution is 2.17. The Hall–Kier alpha value is -1.44. The van der Waals surface area contributed by atoms with E-state index >= 15 is 0 Å². The lowest BCUT2D eigenvalue weighted by molar-refractivity contribution is 0.112. The second kappa shape index (κ2) is 3.13. The molecule has 2 rings (SSSR count). The van der Waals surface area contributed by atoms with Crippen molar-refractivity contribution in [2.24, 2.45) is 4.99 Å². The lowest BCUT2D eigenvalue weighted by Crippen LogP contribution is -2.10. The number of rotatable bonds is 1. The van der Waals surface area contributed by atoms with Gasteiger partial charge in [0.1, 0.15) is 6.29 Å². The molecule has 1 aromatic rings. The number of carbonyl (C=O) groups excluding carboxylic acids is 1. The number of nitrogens with zero attached hydrogens (tertiary/aromatic N) is 1. The summed E-state index contributed by atoms with van der Waals surface area (Å²) < 4.78 is 0. The molecule has 0 aromatic heterocycles. The van der Waals surface area contributed by atoms with Gasteiger partial charge in [0.05, 0.1) is 0 Å². The van der Waals surface area contributed by atoms with Crippen molar-refractivity contribution in [1.29, 1.82) is 0 Å². The predicted molar refractivity (Wildman–Crippen MR) is 52.6 cm³/mol. The lowest BCUT2D eigenvalue weighted by atomic mass is 9.96. The first-order valence-corrected chi connectivity index (χ1v) is 4.41. The SMILES string of the molecule is CC1=NCCc2ccc(C=O)cc21. The summed E-state index contributed by atoms with van der Waals surface area (Å²) in [7, 11) is 0. The summed E-state index contributed by atoms with van der Waals surface area (Å²) >= 11 is 0. The fourth-order valence-electron chi connectivity index (χ4n) is 1.65. The third kappa shape index (κ3) is 1.39. The zero-order chi connectivity index (χ0) is 9.26. The molecule has 0 saturated heterocycles. The molecule has 2 nitrogen and oxygen atoms in total. The Bertz CT molecular complexity index is 380. The van der Waals surface area contributed by atoms with Gasteiger partial charge in [0.2, 0.25) is 0 Å². The first-order chi connectivity index (χ1) is 6.31. The molecule has 0 bridgehead atoms. The van der Waals surface area contributed by atoms with Gasteiger partial charge in [0.15, 0.2) is 0 Å². The topological polar surface area (TPSA) is 29.4 Å². The Morgan fingerprint density at radius 3 is 3.08 bits per heavy atom. The first kappa shape index (κ1) is 8.17. The number of fused-ring (bicyclic) bond motifs is 1. The maximum atomic E-state index is 10.6. The predicted octanol–water partition coefficient (Wildman–Crippen LogP) is 1.86. The summed E-state index contributed by atoms with van der Waals surface area (Å²) in [6.45, 7) is 2.87. The van der Waals surface area contributed by atoms with E-state index in [1.54, 1.807) is 0 Å². The van der Waals surface area contributed by atoms with Gasteiger partial charge < -0.3 is 0 Å². The Morgan fingerprint density at radius 1 is 1.46 bits per heavy atom. The van der Waals surface area contributed by atoms with Crippen LogP contribution in [0, 0.1) is 0 Å². The molecule has 13 heavy (non-hydrogen) atoms. The summed E-state index contributed by atoms with van der Waals surface area (Å²) in [4.78, 5) is 14.9. The van der Waals surface area contributed by atoms with Crippen LogP contribution in [-0.2, 0) is 6.42 Å². The van der Waals surface area contributed by atoms with Crippen molar-refractivity contribution < 1.29 is 4.79 Å². The molecule has 2 heteroatoms. The van der Waals surface area contributed by atoms with E-state index in [4.69, 9.17) is 0 Å². The molecule has 0 N–H and O–H groups in total. The molecule has 0 fully saturated rings. The maximum absolute atomic E-state index is 10.6. The number of aldehydes is 1. The average molecular weight is 173 g/mol. The van der Waals surface area contributed by atoms with E-state index in [0.29, 0.717) is 0 Å². The van der Waals surface area contributed by atoms with Crippen LogP contribution in [0.2, 0.25) is 0 Å². The van der Waals surface area contributed by atoms with Crippen LogP contribution in [0.15, 0.2) is 23.2 Å². The molecule has 66 valence electrons. The summed E-state index contributed by atoms with van der Waals surface area (Å²) in [5, 5.41) is 0. The normalized spacial score (nSPS) is 14.7. The Morgan fingerprint density at radius 2 is 2.31 bits per heavy atom. The molecule has 0 amide bonds. The van der Waals surface area contributed by atoms with Crippen molar-refractivity contribution in [3.05, 3.63) is 34.9 Å². The first-order valence-electron chi connectivity index (χ1n) is 4.41. The number of benzene rings is 1. The zero-order valence-electron chi connectivity index (χ0n) is 7.58. The molecular formula is C11H11NO. The van der Waals surface area contributed by atoms with Gasteiger partial charge in [-0.05, 0) is 30.5 Å². The summed E-state index contributed by atoms with van der Waals surface area (Å²) in [5.41, 5.74) is 4.22. The Balaban J connectivity index is 2.56. The fraction of sp³-hybridized carbons (Fsp3) is 0.273. The van der Waals surface area contributed by atoms with E-state index in [1.165, 1.54) is 5.56 Å². The minimum Gasteiger partial charge on any atom is -0.298 e. The van der Waals surface area contributed by atoms with Gasteiger partial charge in [0.25, 0.3) is 0 Å². The van der Waals surface area contributed by atoms with Crippen LogP contribution in [0.4, 0.5) is 0 Å². The third-order valence-electron chi connectivity index (χ3n) is 2.39. The van der Waals surface area contributed by atoms with Crippen LogP contribution < -0.4 is 0 Å². The van der Waals surface area contributed by atoms with Gasteiger partial charge in [-0.15, -0.1) is 0 Å². The van der Waals surface area contributed by atoms with Gasteiger partial charge in [0, 0.05) is 17.8 Å². The van der Waals surface area contributed by atoms with E-state index in [0.717, 1.165) is 36.1 Å². The molecule has 1 heterocycles. The van der Waals surface area contributed by atoms with Crippen LogP contribution in [0.25, 0.3) is 0 Å². The molecule has 1 aliphatic rings. The van der Waals surface area contributed by atoms with Crippen LogP contribution in [0.3, 0.4) is 0 Å². The number of hydrogen-bond acceptors (Lipinski definition) is 2. The largest absolute Gasteiger partial charge is 0.298 e. The van der Waals surface area contributed by atoms with Gasteiger partial charge in [-0.25, -0.2) is 0 Å². The summed E-state index contributed by atoms with van der Waals surface area (Å²) in [6.07, 6.45) is 1.87. The molecule has 1 aliphatic heterocycles. The second-order valence-corrected chi connectivity index (χ2v) is 3.25. The number of hydrogen-bond donors (Lipinski definition) is 0. The van der Waals surface area contributed by atoms with Crippen LogP contribution in [-0.4, -0.2) is 18.5 Å². The molecule has 0 atom stereocenters. The molecule has 0 radical (unpaired) electrons. The van der Waals surface area contributed by atoms with Gasteiger partial charge in [-0.2, -0.15) is 0 Å². The van der Waals surface area contributed by atoms with Gasteiger partial charge in [-0.3, -0.25) is 9.79 Å². The highest BCUT2D eigenvalue weighted by molar-refractivity contribution is 6.01. The smallest absolute Gasteiger partial charge is 0.150 e. The Kier molecular flexibility index (Phi) is 1.97. The van der Waals surface area contributed by atoms with Crippen LogP contribution >= 0.6 is 0 Å². The van der Waals surface area contributed by atoms with Crippen molar-refractivity contribution in [2.45, 2.75) is 13.3 Å². The van der Waals surface area contributed by atoms with Crippen molar-refractivity contribution >= 4 is 12.0 Å². The van der Waals surface area contributed by atoms with Crippen molar-refractivity contribution in [3.8, 4) is 0 Å². The molecule has 0 aliphatic carbocycles. The fourth-order valence-corrected chi connectivity index (χ4v) is 1.65. The lowest BCUT2D eigenvalue weighted by Gasteiger charge is -2.14. The molecule has 1 aromatic carbocycles. The quantitative estimate of drug-likeness (QED) is 0.596. The molecule has 0 unspecified atom stereocenters. The maximum Gasteiger partial charge on any atom is 0.150 e. The molecular weight excluding hydrogens is 162 g/mol. The molecule has 0 spiro atoms. The highest BCUT2D eigenvalue weighted by Gasteiger charge is 2.10. The summed E-state index contributed by atoms with van der Waals surface area (Å²) in [6, 6.07) is 5.81. The Labute approximate surface area is 77.3 Å². The van der Waals surface area contributed by atoms with Gasteiger partial charge >= 0.3 is 0 Å². The number of carbonyl (C=O) groups is 1. The van der Waals surface area contributed by atoms with E-state index in [-0.39, 0.29) is 0 Å². The standard InChI is InChI=1S/C11H11NO/c1-8-11-6-9(7-13)2-3-10(11)4-5-12-8/h2-3,6-7H,4-5H2,1H3. The zero-order valence-corrected chi connectivity index (χ0v) is 7.58. The minimum absolute atomic E-state index is 0.732. The molecule has 0 saturated carbocycles. The summed E-state index contributed by atoms with van der Waals surface area (Å²) in [5.74, 6) is 0. The number of aliphatic imine (C=N–C) groups is 1. The monoisotopic (exact) mass is 173 g/mol. The van der Waals surface area contributed by atoms with Crippen LogP contribution in [0.1, 0.15) is 28.4 Å². The third-order valence-corrected chi connectivity index (χ3v) is 2.39. The van der Waals surface area contributed by atoms with E-state index in [2.05, 4.69) is 4.99 Å².